The smallest absolute Gasteiger partial charge is 0.0731 e. The van der Waals surface area contributed by atoms with Gasteiger partial charge >= 0.3 is 0 Å². The van der Waals surface area contributed by atoms with Crippen LogP contribution in [-0.2, 0) is 6.42 Å². The van der Waals surface area contributed by atoms with Gasteiger partial charge in [-0.05, 0) is 51.7 Å². The second kappa shape index (κ2) is 3.37. The Morgan fingerprint density at radius 1 is 1.69 bits per heavy atom. The first-order valence-corrected chi connectivity index (χ1v) is 6.21. The van der Waals surface area contributed by atoms with Crippen LogP contribution in [0.5, 0.6) is 0 Å². The van der Waals surface area contributed by atoms with Crippen molar-refractivity contribution in [3.8, 4) is 0 Å². The number of hydrogen-bond donors (Lipinski definition) is 1. The van der Waals surface area contributed by atoms with Crippen molar-refractivity contribution in [1.82, 2.24) is 0 Å². The minimum absolute atomic E-state index is 0.414. The van der Waals surface area contributed by atoms with Crippen molar-refractivity contribution in [1.29, 1.82) is 0 Å². The van der Waals surface area contributed by atoms with E-state index in [-0.39, 0.29) is 0 Å². The summed E-state index contributed by atoms with van der Waals surface area (Å²) in [5.74, 6) is 0.697. The Bertz CT molecular complexity index is 302. The number of hydrogen-bond acceptors (Lipinski definition) is 2. The standard InChI is InChI=1S/C10H13BrOS/c1-7-4-10(12,5-7)6-8-2-3-13-9(8)11/h2-3,7,12H,4-6H2,1H3. The summed E-state index contributed by atoms with van der Waals surface area (Å²) < 4.78 is 1.17. The van der Waals surface area contributed by atoms with Crippen molar-refractivity contribution in [2.45, 2.75) is 31.8 Å². The first kappa shape index (κ1) is 9.69. The number of rotatable bonds is 2. The molecule has 2 rings (SSSR count). The predicted molar refractivity (Wildman–Crippen MR) is 59.1 cm³/mol. The van der Waals surface area contributed by atoms with E-state index in [1.807, 2.05) is 0 Å². The van der Waals surface area contributed by atoms with Gasteiger partial charge in [-0.3, -0.25) is 0 Å². The SMILES string of the molecule is CC1CC(O)(Cc2ccsc2Br)C1. The highest BCUT2D eigenvalue weighted by molar-refractivity contribution is 9.11. The van der Waals surface area contributed by atoms with E-state index in [1.165, 1.54) is 9.35 Å². The lowest BCUT2D eigenvalue weighted by Crippen LogP contribution is -2.44. The van der Waals surface area contributed by atoms with Gasteiger partial charge in [-0.25, -0.2) is 0 Å². The molecule has 0 atom stereocenters. The second-order valence-electron chi connectivity index (χ2n) is 4.13. The molecule has 1 N–H and O–H groups in total. The molecule has 0 aromatic carbocycles. The Balaban J connectivity index is 2.03. The molecule has 13 heavy (non-hydrogen) atoms. The average molecular weight is 261 g/mol. The van der Waals surface area contributed by atoms with Gasteiger partial charge in [0.25, 0.3) is 0 Å². The van der Waals surface area contributed by atoms with E-state index < -0.39 is 5.60 Å². The van der Waals surface area contributed by atoms with E-state index in [0.29, 0.717) is 5.92 Å². The molecule has 3 heteroatoms. The maximum Gasteiger partial charge on any atom is 0.0731 e. The largest absolute Gasteiger partial charge is 0.390 e. The monoisotopic (exact) mass is 260 g/mol. The fourth-order valence-electron chi connectivity index (χ4n) is 2.18. The normalized spacial score (nSPS) is 33.0. The van der Waals surface area contributed by atoms with Crippen LogP contribution in [0.15, 0.2) is 15.2 Å². The van der Waals surface area contributed by atoms with Crippen molar-refractivity contribution in [2.24, 2.45) is 5.92 Å². The van der Waals surface area contributed by atoms with Crippen LogP contribution in [0, 0.1) is 5.92 Å². The van der Waals surface area contributed by atoms with E-state index in [9.17, 15) is 5.11 Å². The fourth-order valence-corrected chi connectivity index (χ4v) is 3.42. The van der Waals surface area contributed by atoms with Crippen molar-refractivity contribution >= 4 is 27.3 Å². The Morgan fingerprint density at radius 2 is 2.38 bits per heavy atom. The summed E-state index contributed by atoms with van der Waals surface area (Å²) >= 11 is 5.18. The lowest BCUT2D eigenvalue weighted by molar-refractivity contribution is -0.0666. The van der Waals surface area contributed by atoms with Gasteiger partial charge in [0, 0.05) is 6.42 Å². The third-order valence-corrected chi connectivity index (χ3v) is 4.48. The van der Waals surface area contributed by atoms with Gasteiger partial charge in [0.2, 0.25) is 0 Å². The molecule has 1 saturated carbocycles. The molecule has 1 fully saturated rings. The van der Waals surface area contributed by atoms with E-state index in [4.69, 9.17) is 0 Å². The third kappa shape index (κ3) is 1.97. The number of thiophene rings is 1. The molecule has 1 aliphatic rings. The highest BCUT2D eigenvalue weighted by atomic mass is 79.9. The lowest BCUT2D eigenvalue weighted by atomic mass is 9.69. The molecule has 0 bridgehead atoms. The molecular weight excluding hydrogens is 248 g/mol. The van der Waals surface area contributed by atoms with Crippen LogP contribution in [-0.4, -0.2) is 10.7 Å². The fraction of sp³-hybridized carbons (Fsp3) is 0.600. The molecule has 0 unspecified atom stereocenters. The molecule has 1 aromatic rings. The van der Waals surface area contributed by atoms with Crippen molar-refractivity contribution in [2.75, 3.05) is 0 Å². The van der Waals surface area contributed by atoms with Crippen LogP contribution < -0.4 is 0 Å². The van der Waals surface area contributed by atoms with Gasteiger partial charge in [-0.1, -0.05) is 6.92 Å². The summed E-state index contributed by atoms with van der Waals surface area (Å²) in [5.41, 5.74) is 0.836. The maximum absolute atomic E-state index is 10.1. The summed E-state index contributed by atoms with van der Waals surface area (Å²) in [7, 11) is 0. The van der Waals surface area contributed by atoms with Crippen LogP contribution in [0.2, 0.25) is 0 Å². The average Bonchev–Trinajstić information content (AvgIpc) is 2.33. The van der Waals surface area contributed by atoms with Crippen LogP contribution in [0.1, 0.15) is 25.3 Å². The Morgan fingerprint density at radius 3 is 2.85 bits per heavy atom. The first-order chi connectivity index (χ1) is 6.09. The van der Waals surface area contributed by atoms with Crippen LogP contribution in [0.4, 0.5) is 0 Å². The molecule has 0 amide bonds. The zero-order valence-corrected chi connectivity index (χ0v) is 9.99. The van der Waals surface area contributed by atoms with Crippen LogP contribution in [0.25, 0.3) is 0 Å². The third-order valence-electron chi connectivity index (χ3n) is 2.67. The van der Waals surface area contributed by atoms with Gasteiger partial charge in [0.1, 0.15) is 0 Å². The molecule has 72 valence electrons. The molecule has 0 spiro atoms. The zero-order valence-electron chi connectivity index (χ0n) is 7.59. The van der Waals surface area contributed by atoms with Crippen molar-refractivity contribution < 1.29 is 5.11 Å². The van der Waals surface area contributed by atoms with E-state index >= 15 is 0 Å². The summed E-state index contributed by atoms with van der Waals surface area (Å²) in [6.45, 7) is 2.19. The highest BCUT2D eigenvalue weighted by Gasteiger charge is 2.40. The topological polar surface area (TPSA) is 20.2 Å². The van der Waals surface area contributed by atoms with Gasteiger partial charge in [-0.15, -0.1) is 11.3 Å². The summed E-state index contributed by atoms with van der Waals surface area (Å²) in [6, 6.07) is 2.09. The number of aliphatic hydroxyl groups is 1. The maximum atomic E-state index is 10.1. The van der Waals surface area contributed by atoms with Gasteiger partial charge in [0.05, 0.1) is 9.39 Å². The number of halogens is 1. The molecule has 1 nitrogen and oxygen atoms in total. The van der Waals surface area contributed by atoms with E-state index in [0.717, 1.165) is 19.3 Å². The second-order valence-corrected chi connectivity index (χ2v) is 6.37. The van der Waals surface area contributed by atoms with Crippen molar-refractivity contribution in [3.05, 3.63) is 20.8 Å². The minimum Gasteiger partial charge on any atom is -0.390 e. The molecule has 0 saturated heterocycles. The van der Waals surface area contributed by atoms with E-state index in [1.54, 1.807) is 11.3 Å². The molecule has 1 aromatic heterocycles. The lowest BCUT2D eigenvalue weighted by Gasteiger charge is -2.42. The summed E-state index contributed by atoms with van der Waals surface area (Å²) in [4.78, 5) is 0. The Labute approximate surface area is 90.9 Å². The van der Waals surface area contributed by atoms with Crippen LogP contribution >= 0.6 is 27.3 Å². The highest BCUT2D eigenvalue weighted by Crippen LogP contribution is 2.41. The molecular formula is C10H13BrOS. The molecule has 0 radical (unpaired) electrons. The quantitative estimate of drug-likeness (QED) is 0.866. The van der Waals surface area contributed by atoms with Gasteiger partial charge < -0.3 is 5.11 Å². The Kier molecular flexibility index (Phi) is 2.51. The molecule has 1 heterocycles. The molecule has 0 aliphatic heterocycles. The predicted octanol–water partition coefficient (Wildman–Crippen LogP) is 3.21. The van der Waals surface area contributed by atoms with Crippen molar-refractivity contribution in [3.63, 3.8) is 0 Å². The first-order valence-electron chi connectivity index (χ1n) is 4.53. The zero-order chi connectivity index (χ0) is 9.47. The minimum atomic E-state index is -0.414. The van der Waals surface area contributed by atoms with Gasteiger partial charge in [-0.2, -0.15) is 0 Å². The Hall–Kier alpha value is 0.140. The summed E-state index contributed by atoms with van der Waals surface area (Å²) in [5, 5.41) is 12.1. The van der Waals surface area contributed by atoms with E-state index in [2.05, 4.69) is 34.3 Å². The van der Waals surface area contributed by atoms with Gasteiger partial charge in [0.15, 0.2) is 0 Å². The summed E-state index contributed by atoms with van der Waals surface area (Å²) in [6.07, 6.45) is 2.71. The molecule has 1 aliphatic carbocycles. The van der Waals surface area contributed by atoms with Crippen LogP contribution in [0.3, 0.4) is 0 Å².